The van der Waals surface area contributed by atoms with Crippen molar-refractivity contribution >= 4 is 57.9 Å². The lowest BCUT2D eigenvalue weighted by Crippen LogP contribution is -2.51. The summed E-state index contributed by atoms with van der Waals surface area (Å²) in [5, 5.41) is -0.280. The van der Waals surface area contributed by atoms with Crippen molar-refractivity contribution in [3.8, 4) is 17.2 Å². The molecule has 0 saturated heterocycles. The Hall–Kier alpha value is -2.41. The largest absolute Gasteiger partial charge is 0.497 e. The summed E-state index contributed by atoms with van der Waals surface area (Å²) in [4.78, 5) is 27.0. The van der Waals surface area contributed by atoms with Gasteiger partial charge in [0.2, 0.25) is 4.33 Å². The van der Waals surface area contributed by atoms with Gasteiger partial charge in [0, 0.05) is 11.6 Å². The quantitative estimate of drug-likeness (QED) is 0.492. The van der Waals surface area contributed by atoms with Gasteiger partial charge in [0.15, 0.2) is 0 Å². The molecule has 9 heteroatoms. The number of carbonyl (C=O) groups excluding carboxylic acids is 2. The summed E-state index contributed by atoms with van der Waals surface area (Å²) < 4.78 is 13.4. The molecular formula is C20H16Cl3NO5. The summed E-state index contributed by atoms with van der Waals surface area (Å²) in [6.45, 7) is 0. The fourth-order valence-corrected chi connectivity index (χ4v) is 3.94. The minimum atomic E-state index is -2.11. The van der Waals surface area contributed by atoms with Crippen LogP contribution in [0, 0.1) is 0 Å². The summed E-state index contributed by atoms with van der Waals surface area (Å²) in [6.07, 6.45) is 0. The number of carbonyl (C=O) groups is 2. The predicted octanol–water partition coefficient (Wildman–Crippen LogP) is 4.41. The number of hydrogen-bond donors (Lipinski definition) is 0. The summed E-state index contributed by atoms with van der Waals surface area (Å²) in [5.41, 5.74) is 0.564. The summed E-state index contributed by atoms with van der Waals surface area (Å²) in [5.74, 6) is -0.371. The smallest absolute Gasteiger partial charge is 0.277 e. The van der Waals surface area contributed by atoms with Gasteiger partial charge in [-0.2, -0.15) is 0 Å². The number of ether oxygens (including phenoxy) is 3. The Morgan fingerprint density at radius 1 is 0.862 bits per heavy atom. The standard InChI is InChI=1S/C20H16Cl3NO5/c1-27-12-6-4-11(5-7-12)16-17(21)18(25)24(19(26)20(16,22)23)14-9-8-13(28-2)10-15(14)29-3/h4-10H,1-3H3. The Labute approximate surface area is 182 Å². The van der Waals surface area contributed by atoms with Crippen LogP contribution < -0.4 is 19.1 Å². The first-order chi connectivity index (χ1) is 13.8. The number of amides is 2. The monoisotopic (exact) mass is 455 g/mol. The number of hydrogen-bond acceptors (Lipinski definition) is 5. The highest BCUT2D eigenvalue weighted by Crippen LogP contribution is 2.48. The number of halogens is 3. The molecule has 6 nitrogen and oxygen atoms in total. The van der Waals surface area contributed by atoms with Gasteiger partial charge in [-0.3, -0.25) is 9.59 Å². The van der Waals surface area contributed by atoms with Crippen molar-refractivity contribution in [1.29, 1.82) is 0 Å². The highest BCUT2D eigenvalue weighted by molar-refractivity contribution is 6.70. The van der Waals surface area contributed by atoms with Gasteiger partial charge in [-0.1, -0.05) is 46.9 Å². The van der Waals surface area contributed by atoms with Gasteiger partial charge in [0.1, 0.15) is 22.3 Å². The molecule has 0 N–H and O–H groups in total. The van der Waals surface area contributed by atoms with E-state index in [-0.39, 0.29) is 22.0 Å². The van der Waals surface area contributed by atoms with Crippen LogP contribution in [-0.4, -0.2) is 37.5 Å². The molecule has 0 atom stereocenters. The van der Waals surface area contributed by atoms with E-state index in [0.717, 1.165) is 4.90 Å². The van der Waals surface area contributed by atoms with E-state index in [0.29, 0.717) is 17.1 Å². The number of anilines is 1. The first kappa shape index (κ1) is 21.3. The van der Waals surface area contributed by atoms with E-state index in [1.807, 2.05) is 0 Å². The molecule has 0 unspecified atom stereocenters. The third-order valence-corrected chi connectivity index (χ3v) is 5.45. The topological polar surface area (TPSA) is 65.1 Å². The van der Waals surface area contributed by atoms with Gasteiger partial charge in [0.25, 0.3) is 11.8 Å². The van der Waals surface area contributed by atoms with Crippen molar-refractivity contribution in [2.75, 3.05) is 26.2 Å². The lowest BCUT2D eigenvalue weighted by atomic mass is 9.96. The van der Waals surface area contributed by atoms with Gasteiger partial charge < -0.3 is 14.2 Å². The van der Waals surface area contributed by atoms with Crippen LogP contribution in [0.4, 0.5) is 5.69 Å². The summed E-state index contributed by atoms with van der Waals surface area (Å²) in [7, 11) is 4.39. The van der Waals surface area contributed by atoms with Crippen LogP contribution in [0.3, 0.4) is 0 Å². The van der Waals surface area contributed by atoms with Gasteiger partial charge in [-0.15, -0.1) is 0 Å². The van der Waals surface area contributed by atoms with E-state index in [4.69, 9.17) is 49.0 Å². The minimum absolute atomic E-state index is 0.00359. The van der Waals surface area contributed by atoms with E-state index < -0.39 is 16.1 Å². The third kappa shape index (κ3) is 3.64. The summed E-state index contributed by atoms with van der Waals surface area (Å²) >= 11 is 19.2. The molecule has 2 aromatic carbocycles. The Morgan fingerprint density at radius 2 is 1.45 bits per heavy atom. The second-order valence-corrected chi connectivity index (χ2v) is 7.68. The fraction of sp³-hybridized carbons (Fsp3) is 0.200. The van der Waals surface area contributed by atoms with Crippen molar-refractivity contribution in [3.63, 3.8) is 0 Å². The molecule has 1 aliphatic heterocycles. The fourth-order valence-electron chi connectivity index (χ4n) is 2.94. The minimum Gasteiger partial charge on any atom is -0.497 e. The van der Waals surface area contributed by atoms with E-state index in [1.165, 1.54) is 33.5 Å². The normalized spacial score (nSPS) is 16.1. The predicted molar refractivity (Wildman–Crippen MR) is 112 cm³/mol. The Morgan fingerprint density at radius 3 is 2.00 bits per heavy atom. The van der Waals surface area contributed by atoms with Crippen LogP contribution in [0.15, 0.2) is 47.5 Å². The molecule has 0 fully saturated rings. The molecule has 0 saturated carbocycles. The van der Waals surface area contributed by atoms with Crippen LogP contribution in [0.25, 0.3) is 5.57 Å². The van der Waals surface area contributed by atoms with Gasteiger partial charge >= 0.3 is 0 Å². The van der Waals surface area contributed by atoms with Crippen LogP contribution in [0.2, 0.25) is 0 Å². The summed E-state index contributed by atoms with van der Waals surface area (Å²) in [6, 6.07) is 11.1. The maximum atomic E-state index is 13.2. The number of imide groups is 1. The van der Waals surface area contributed by atoms with E-state index in [9.17, 15) is 9.59 Å². The first-order valence-electron chi connectivity index (χ1n) is 8.29. The third-order valence-electron chi connectivity index (χ3n) is 4.40. The highest BCUT2D eigenvalue weighted by atomic mass is 35.5. The van der Waals surface area contributed by atoms with Crippen molar-refractivity contribution < 1.29 is 23.8 Å². The van der Waals surface area contributed by atoms with Crippen LogP contribution in [-0.2, 0) is 9.59 Å². The number of rotatable bonds is 5. The number of methoxy groups -OCH3 is 3. The maximum Gasteiger partial charge on any atom is 0.277 e. The average molecular weight is 457 g/mol. The molecule has 152 valence electrons. The van der Waals surface area contributed by atoms with Crippen molar-refractivity contribution in [1.82, 2.24) is 0 Å². The lowest BCUT2D eigenvalue weighted by Gasteiger charge is -2.35. The van der Waals surface area contributed by atoms with Crippen LogP contribution in [0.1, 0.15) is 5.56 Å². The zero-order chi connectivity index (χ0) is 21.3. The maximum absolute atomic E-state index is 13.2. The Kier molecular flexibility index (Phi) is 5.98. The average Bonchev–Trinajstić information content (AvgIpc) is 2.73. The van der Waals surface area contributed by atoms with Gasteiger partial charge in [0.05, 0.1) is 27.0 Å². The highest BCUT2D eigenvalue weighted by Gasteiger charge is 2.51. The molecule has 0 aromatic heterocycles. The number of nitrogens with zero attached hydrogens (tertiary/aromatic N) is 1. The zero-order valence-corrected chi connectivity index (χ0v) is 17.9. The van der Waals surface area contributed by atoms with E-state index >= 15 is 0 Å². The zero-order valence-electron chi connectivity index (χ0n) is 15.7. The Bertz CT molecular complexity index is 1000. The second-order valence-electron chi connectivity index (χ2n) is 5.98. The molecule has 2 amide bonds. The molecule has 0 aliphatic carbocycles. The van der Waals surface area contributed by atoms with Gasteiger partial charge in [-0.25, -0.2) is 4.90 Å². The number of alkyl halides is 2. The molecule has 1 aliphatic rings. The molecule has 0 bridgehead atoms. The second kappa shape index (κ2) is 8.14. The Balaban J connectivity index is 2.15. The van der Waals surface area contributed by atoms with Gasteiger partial charge in [-0.05, 0) is 29.8 Å². The first-order valence-corrected chi connectivity index (χ1v) is 9.43. The molecule has 2 aromatic rings. The molecule has 0 radical (unpaired) electrons. The lowest BCUT2D eigenvalue weighted by molar-refractivity contribution is -0.124. The molecular weight excluding hydrogens is 441 g/mol. The number of benzene rings is 2. The van der Waals surface area contributed by atoms with Crippen molar-refractivity contribution in [2.45, 2.75) is 4.33 Å². The molecule has 0 spiro atoms. The van der Waals surface area contributed by atoms with Crippen molar-refractivity contribution in [2.24, 2.45) is 0 Å². The molecule has 29 heavy (non-hydrogen) atoms. The van der Waals surface area contributed by atoms with Crippen LogP contribution >= 0.6 is 34.8 Å². The van der Waals surface area contributed by atoms with E-state index in [2.05, 4.69) is 0 Å². The molecule has 1 heterocycles. The van der Waals surface area contributed by atoms with E-state index in [1.54, 1.807) is 30.3 Å². The van der Waals surface area contributed by atoms with Crippen molar-refractivity contribution in [3.05, 3.63) is 53.1 Å². The van der Waals surface area contributed by atoms with Crippen LogP contribution in [0.5, 0.6) is 17.2 Å². The SMILES string of the molecule is COc1ccc(C2=C(Cl)C(=O)N(c3ccc(OC)cc3OC)C(=O)C2(Cl)Cl)cc1. The molecule has 3 rings (SSSR count).